The molecule has 0 aliphatic carbocycles. The summed E-state index contributed by atoms with van der Waals surface area (Å²) >= 11 is 6.30. The molecule has 2 aliphatic heterocycles. The maximum absolute atomic E-state index is 15.5. The van der Waals surface area contributed by atoms with Crippen LogP contribution in [0.1, 0.15) is 27.0 Å². The molecule has 4 rings (SSSR count). The standard InChI is InChI=1S/C22H28B10ClF2N3O4/c23-10-9(11(24)13(26)14(33)12(10)25)19(34,35)16(40)36-4-6-1-2-8-7(3-6)5-37(15(8)39)21(29)18(42)38(32)17(41)20(27,28)22(21,30)31/h1-3H,4-5,23-32H2,(H,36,40). The van der Waals surface area contributed by atoms with Gasteiger partial charge in [-0.2, -0.15) is 8.78 Å². The Kier molecular flexibility index (Phi) is 7.83. The monoisotopic (exact) mass is 581 g/mol. The first-order chi connectivity index (χ1) is 19.1. The number of imide groups is 1. The Balaban J connectivity index is 1.60. The fraction of sp³-hybridized carbons (Fsp3) is 0.273. The predicted octanol–water partition coefficient (Wildman–Crippen LogP) is -10.3. The minimum atomic E-state index is -3.80. The number of halogens is 3. The van der Waals surface area contributed by atoms with E-state index in [1.165, 1.54) is 28.6 Å². The molecule has 0 saturated carbocycles. The average Bonchev–Trinajstić information content (AvgIpc) is 3.26. The van der Waals surface area contributed by atoms with Crippen LogP contribution >= 0.6 is 11.6 Å². The number of carbonyl (C=O) groups excluding carboxylic acids is 4. The predicted molar refractivity (Wildman–Crippen MR) is 187 cm³/mol. The smallest absolute Gasteiger partial charge is 0.346 e. The van der Waals surface area contributed by atoms with Gasteiger partial charge in [0.2, 0.25) is 19.8 Å². The Morgan fingerprint density at radius 3 is 2.05 bits per heavy atom. The van der Waals surface area contributed by atoms with Crippen LogP contribution in [-0.2, 0) is 33.4 Å². The first-order valence-electron chi connectivity index (χ1n) is 13.8. The molecule has 1 saturated heterocycles. The van der Waals surface area contributed by atoms with Crippen molar-refractivity contribution in [1.82, 2.24) is 15.0 Å². The second-order valence-corrected chi connectivity index (χ2v) is 13.2. The van der Waals surface area contributed by atoms with Gasteiger partial charge in [0, 0.05) is 29.2 Å². The van der Waals surface area contributed by atoms with E-state index in [2.05, 4.69) is 5.32 Å². The van der Waals surface area contributed by atoms with Crippen molar-refractivity contribution in [2.75, 3.05) is 0 Å². The molecule has 1 fully saturated rings. The van der Waals surface area contributed by atoms with Crippen molar-refractivity contribution in [1.29, 1.82) is 0 Å². The van der Waals surface area contributed by atoms with Gasteiger partial charge in [0.15, 0.2) is 0 Å². The van der Waals surface area contributed by atoms with Gasteiger partial charge in [-0.15, -0.1) is 0 Å². The lowest BCUT2D eigenvalue weighted by atomic mass is 9.21. The van der Waals surface area contributed by atoms with Crippen molar-refractivity contribution >= 4 is 136 Å². The summed E-state index contributed by atoms with van der Waals surface area (Å²) in [6.07, 6.45) is 0. The zero-order chi connectivity index (χ0) is 31.9. The number of benzene rings is 2. The van der Waals surface area contributed by atoms with Gasteiger partial charge in [-0.3, -0.25) is 19.2 Å². The molecule has 1 N–H and O–H groups in total. The highest BCUT2D eigenvalue weighted by molar-refractivity contribution is 6.68. The molecule has 4 amide bonds. The molecule has 0 spiro atoms. The molecule has 2 aliphatic rings. The van der Waals surface area contributed by atoms with E-state index in [-0.39, 0.29) is 41.4 Å². The lowest BCUT2D eigenvalue weighted by molar-refractivity contribution is -0.149. The molecule has 0 bridgehead atoms. The SMILES string of the molecule is Bc1c(B)c(C(F)(F)C(=O)NCc2ccc3c(c2)CN(C2(B)C(=O)N(B)C(=O)C(B)(B)C2(B)B)C3=O)c(B)c(B)c1Cl. The second-order valence-electron chi connectivity index (χ2n) is 12.8. The first-order valence-corrected chi connectivity index (χ1v) is 14.2. The second kappa shape index (κ2) is 10.2. The zero-order valence-corrected chi connectivity index (χ0v) is 26.6. The highest BCUT2D eigenvalue weighted by Gasteiger charge is 2.65. The maximum Gasteiger partial charge on any atom is 0.348 e. The van der Waals surface area contributed by atoms with E-state index in [0.717, 1.165) is 4.81 Å². The summed E-state index contributed by atoms with van der Waals surface area (Å²) in [6.45, 7) is -0.0941. The summed E-state index contributed by atoms with van der Waals surface area (Å²) in [6, 6.07) is 4.87. The molecule has 2 aromatic carbocycles. The summed E-state index contributed by atoms with van der Waals surface area (Å²) in [5.41, 5.74) is 1.37. The van der Waals surface area contributed by atoms with Crippen LogP contribution in [0.3, 0.4) is 0 Å². The molecule has 0 radical (unpaired) electrons. The van der Waals surface area contributed by atoms with Crippen LogP contribution in [0.4, 0.5) is 8.78 Å². The molecule has 7 nitrogen and oxygen atoms in total. The van der Waals surface area contributed by atoms with E-state index in [1.54, 1.807) is 57.4 Å². The number of amides is 4. The minimum Gasteiger partial charge on any atom is -0.346 e. The third-order valence-corrected chi connectivity index (χ3v) is 11.0. The Bertz CT molecular complexity index is 1560. The van der Waals surface area contributed by atoms with Crippen LogP contribution in [0.5, 0.6) is 0 Å². The zero-order valence-electron chi connectivity index (χ0n) is 25.8. The number of alkyl halides is 2. The van der Waals surface area contributed by atoms with E-state index >= 15 is 8.78 Å². The van der Waals surface area contributed by atoms with Gasteiger partial charge in [0.05, 0.1) is 5.44 Å². The van der Waals surface area contributed by atoms with Gasteiger partial charge >= 0.3 is 5.92 Å². The maximum atomic E-state index is 15.5. The van der Waals surface area contributed by atoms with E-state index < -0.39 is 33.6 Å². The number of hydrogen-bond donors (Lipinski definition) is 1. The molecular weight excluding hydrogens is 552 g/mol. The minimum absolute atomic E-state index is 0.0949. The van der Waals surface area contributed by atoms with Gasteiger partial charge in [-0.05, 0) is 22.4 Å². The number of hydrogen-bond acceptors (Lipinski definition) is 4. The van der Waals surface area contributed by atoms with Crippen molar-refractivity contribution < 1.29 is 28.0 Å². The highest BCUT2D eigenvalue weighted by atomic mass is 35.5. The van der Waals surface area contributed by atoms with Crippen LogP contribution in [0.15, 0.2) is 18.2 Å². The number of nitrogens with zero attached hydrogens (tertiary/aromatic N) is 2. The number of carbonyl (C=O) groups is 4. The molecule has 0 aromatic heterocycles. The van der Waals surface area contributed by atoms with Crippen molar-refractivity contribution in [2.24, 2.45) is 0 Å². The van der Waals surface area contributed by atoms with E-state index in [9.17, 15) is 19.2 Å². The summed E-state index contributed by atoms with van der Waals surface area (Å²) < 4.78 is 31.0. The number of rotatable bonds is 5. The Morgan fingerprint density at radius 1 is 0.952 bits per heavy atom. The van der Waals surface area contributed by atoms with Gasteiger partial charge < -0.3 is 15.0 Å². The van der Waals surface area contributed by atoms with E-state index in [0.29, 0.717) is 32.6 Å². The Labute approximate surface area is 258 Å². The van der Waals surface area contributed by atoms with E-state index in [1.807, 2.05) is 15.7 Å². The van der Waals surface area contributed by atoms with Gasteiger partial charge in [0.1, 0.15) is 70.6 Å². The lowest BCUT2D eigenvalue weighted by Crippen LogP contribution is -2.75. The van der Waals surface area contributed by atoms with E-state index in [4.69, 9.17) is 11.6 Å². The number of piperidine rings is 1. The average molecular weight is 580 g/mol. The first kappa shape index (κ1) is 32.2. The van der Waals surface area contributed by atoms with Gasteiger partial charge in [-0.25, -0.2) is 0 Å². The quantitative estimate of drug-likeness (QED) is 0.282. The van der Waals surface area contributed by atoms with Crippen LogP contribution in [-0.4, -0.2) is 117 Å². The summed E-state index contributed by atoms with van der Waals surface area (Å²) in [5.74, 6) is -6.37. The molecule has 1 unspecified atom stereocenters. The van der Waals surface area contributed by atoms with Gasteiger partial charge in [0.25, 0.3) is 11.8 Å². The van der Waals surface area contributed by atoms with Crippen LogP contribution in [0.2, 0.25) is 15.5 Å². The normalized spacial score (nSPS) is 21.4. The fourth-order valence-electron chi connectivity index (χ4n) is 6.42. The number of nitrogens with one attached hydrogen (secondary N) is 1. The van der Waals surface area contributed by atoms with Crippen molar-refractivity contribution in [3.05, 3.63) is 45.5 Å². The molecule has 20 heteroatoms. The summed E-state index contributed by atoms with van der Waals surface area (Å²) in [5, 5.41) is 0.889. The number of fused-ring (bicyclic) bond motifs is 1. The highest BCUT2D eigenvalue weighted by Crippen LogP contribution is 2.56. The molecule has 42 heavy (non-hydrogen) atoms. The van der Waals surface area contributed by atoms with Crippen LogP contribution in [0.25, 0.3) is 0 Å². The molecule has 1 atom stereocenters. The molecule has 2 aromatic rings. The molecule has 206 valence electrons. The third-order valence-electron chi connectivity index (χ3n) is 10.4. The molecule has 2 heterocycles. The summed E-state index contributed by atoms with van der Waals surface area (Å²) in [4.78, 5) is 55.7. The van der Waals surface area contributed by atoms with Crippen molar-refractivity contribution in [3.63, 3.8) is 0 Å². The van der Waals surface area contributed by atoms with Gasteiger partial charge in [-0.1, -0.05) is 50.8 Å². The summed E-state index contributed by atoms with van der Waals surface area (Å²) in [7, 11) is 16.7. The fourth-order valence-corrected chi connectivity index (χ4v) is 6.71. The Morgan fingerprint density at radius 2 is 1.50 bits per heavy atom. The van der Waals surface area contributed by atoms with Crippen molar-refractivity contribution in [3.8, 4) is 0 Å². The van der Waals surface area contributed by atoms with Crippen molar-refractivity contribution in [2.45, 2.75) is 34.9 Å². The lowest BCUT2D eigenvalue weighted by Gasteiger charge is -2.61. The largest absolute Gasteiger partial charge is 0.348 e. The Hall–Kier alpha value is -2.68. The van der Waals surface area contributed by atoms with Crippen LogP contribution < -0.4 is 27.2 Å². The topological polar surface area (TPSA) is 86.8 Å². The third kappa shape index (κ3) is 4.27. The van der Waals surface area contributed by atoms with Crippen LogP contribution in [0, 0.1) is 0 Å². The molecular formula is C22H28B10ClF2N3O4.